The molecule has 0 spiro atoms. The minimum absolute atomic E-state index is 0.0471. The minimum Gasteiger partial charge on any atom is -0.341 e. The number of nitrogens with one attached hydrogen (secondary N) is 2. The summed E-state index contributed by atoms with van der Waals surface area (Å²) in [6.45, 7) is 5.69. The van der Waals surface area contributed by atoms with Crippen molar-refractivity contribution in [2.24, 2.45) is 5.92 Å². The zero-order valence-electron chi connectivity index (χ0n) is 15.8. The smallest absolute Gasteiger partial charge is 0.263 e. The van der Waals surface area contributed by atoms with Crippen LogP contribution in [0.1, 0.15) is 18.4 Å². The Labute approximate surface area is 163 Å². The average Bonchev–Trinajstić information content (AvgIpc) is 2.52. The Morgan fingerprint density at radius 3 is 2.32 bits per heavy atom. The first-order valence-electron chi connectivity index (χ1n) is 8.65. The number of rotatable bonds is 5. The van der Waals surface area contributed by atoms with Crippen molar-refractivity contribution in [3.05, 3.63) is 41.9 Å². The van der Waals surface area contributed by atoms with E-state index in [1.165, 1.54) is 31.2 Å². The van der Waals surface area contributed by atoms with Gasteiger partial charge in [0.25, 0.3) is 10.0 Å². The highest BCUT2D eigenvalue weighted by Gasteiger charge is 2.34. The molecule has 1 aliphatic heterocycles. The van der Waals surface area contributed by atoms with Crippen molar-refractivity contribution in [1.29, 1.82) is 0 Å². The van der Waals surface area contributed by atoms with E-state index < -0.39 is 10.0 Å². The molecule has 1 aromatic carbocycles. The number of carbonyl (C=O) groups is 2. The van der Waals surface area contributed by atoms with E-state index in [1.807, 2.05) is 0 Å². The van der Waals surface area contributed by atoms with E-state index in [-0.39, 0.29) is 28.4 Å². The predicted octanol–water partition coefficient (Wildman–Crippen LogP) is 1.31. The number of carbonyl (C=O) groups excluding carboxylic acids is 2. The van der Waals surface area contributed by atoms with Gasteiger partial charge in [-0.1, -0.05) is 0 Å². The van der Waals surface area contributed by atoms with Gasteiger partial charge in [0.1, 0.15) is 11.6 Å². The third-order valence-electron chi connectivity index (χ3n) is 4.33. The van der Waals surface area contributed by atoms with Crippen LogP contribution in [0.5, 0.6) is 0 Å². The van der Waals surface area contributed by atoms with Crippen molar-refractivity contribution in [2.75, 3.05) is 23.1 Å². The molecule has 3 rings (SSSR count). The minimum atomic E-state index is -3.82. The lowest BCUT2D eigenvalue weighted by atomic mass is 9.99. The van der Waals surface area contributed by atoms with Crippen LogP contribution in [0.3, 0.4) is 0 Å². The summed E-state index contributed by atoms with van der Waals surface area (Å²) in [5.74, 6) is 0.161. The number of anilines is 2. The lowest BCUT2D eigenvalue weighted by Gasteiger charge is -2.37. The second kappa shape index (κ2) is 7.55. The highest BCUT2D eigenvalue weighted by atomic mass is 32.2. The fourth-order valence-corrected chi connectivity index (χ4v) is 3.82. The Morgan fingerprint density at radius 1 is 1.11 bits per heavy atom. The van der Waals surface area contributed by atoms with Crippen LogP contribution in [0.4, 0.5) is 11.5 Å². The molecule has 2 N–H and O–H groups in total. The summed E-state index contributed by atoms with van der Waals surface area (Å²) in [4.78, 5) is 33.1. The molecule has 2 amide bonds. The molecule has 0 unspecified atom stereocenters. The number of aromatic nitrogens is 2. The van der Waals surface area contributed by atoms with Crippen LogP contribution in [0, 0.1) is 19.8 Å². The summed E-state index contributed by atoms with van der Waals surface area (Å²) < 4.78 is 27.5. The number of aryl methyl sites for hydroxylation is 2. The van der Waals surface area contributed by atoms with Gasteiger partial charge < -0.3 is 10.2 Å². The van der Waals surface area contributed by atoms with E-state index in [0.717, 1.165) is 0 Å². The van der Waals surface area contributed by atoms with Crippen molar-refractivity contribution in [3.63, 3.8) is 0 Å². The number of hydrogen-bond donors (Lipinski definition) is 2. The largest absolute Gasteiger partial charge is 0.341 e. The van der Waals surface area contributed by atoms with E-state index in [1.54, 1.807) is 24.8 Å². The van der Waals surface area contributed by atoms with Crippen LogP contribution in [0.15, 0.2) is 35.2 Å². The molecule has 9 nitrogen and oxygen atoms in total. The fourth-order valence-electron chi connectivity index (χ4n) is 2.83. The van der Waals surface area contributed by atoms with E-state index >= 15 is 0 Å². The van der Waals surface area contributed by atoms with Gasteiger partial charge in [0.2, 0.25) is 11.8 Å². The normalized spacial score (nSPS) is 14.3. The number of sulfonamides is 1. The van der Waals surface area contributed by atoms with Crippen LogP contribution in [-0.2, 0) is 19.6 Å². The molecular formula is C18H21N5O4S. The molecule has 0 bridgehead atoms. The maximum atomic E-state index is 12.5. The Morgan fingerprint density at radius 2 is 1.75 bits per heavy atom. The van der Waals surface area contributed by atoms with Crippen LogP contribution in [0.25, 0.3) is 0 Å². The summed E-state index contributed by atoms with van der Waals surface area (Å²) in [6, 6.07) is 7.39. The van der Waals surface area contributed by atoms with Gasteiger partial charge in [0, 0.05) is 37.5 Å². The standard InChI is InChI=1S/C18H21N5O4S/c1-11-8-17(20-12(2)19-11)22-28(26,27)16-6-4-15(5-7-16)21-18(25)14-9-23(10-14)13(3)24/h4-8,14H,9-10H2,1-3H3,(H,21,25)(H,19,20,22). The quantitative estimate of drug-likeness (QED) is 0.776. The molecule has 1 aromatic heterocycles. The molecule has 10 heteroatoms. The van der Waals surface area contributed by atoms with E-state index in [0.29, 0.717) is 30.3 Å². The Hall–Kier alpha value is -3.01. The molecule has 28 heavy (non-hydrogen) atoms. The summed E-state index contributed by atoms with van der Waals surface area (Å²) in [6.07, 6.45) is 0. The summed E-state index contributed by atoms with van der Waals surface area (Å²) in [7, 11) is -3.82. The summed E-state index contributed by atoms with van der Waals surface area (Å²) in [5.41, 5.74) is 1.14. The zero-order chi connectivity index (χ0) is 20.5. The molecular weight excluding hydrogens is 382 g/mol. The third kappa shape index (κ3) is 4.45. The molecule has 1 fully saturated rings. The van der Waals surface area contributed by atoms with Gasteiger partial charge in [-0.3, -0.25) is 14.3 Å². The van der Waals surface area contributed by atoms with Crippen LogP contribution < -0.4 is 10.0 Å². The van der Waals surface area contributed by atoms with Gasteiger partial charge in [0.15, 0.2) is 0 Å². The average molecular weight is 403 g/mol. The van der Waals surface area contributed by atoms with Crippen LogP contribution in [-0.4, -0.2) is 48.2 Å². The molecule has 0 radical (unpaired) electrons. The van der Waals surface area contributed by atoms with Crippen LogP contribution >= 0.6 is 0 Å². The number of amides is 2. The molecule has 1 saturated heterocycles. The first-order valence-corrected chi connectivity index (χ1v) is 10.1. The van der Waals surface area contributed by atoms with Gasteiger partial charge in [-0.2, -0.15) is 0 Å². The number of nitrogens with zero attached hydrogens (tertiary/aromatic N) is 3. The molecule has 0 aliphatic carbocycles. The highest BCUT2D eigenvalue weighted by Crippen LogP contribution is 2.20. The first-order chi connectivity index (χ1) is 13.1. The monoisotopic (exact) mass is 403 g/mol. The molecule has 0 saturated carbocycles. The first kappa shape index (κ1) is 19.7. The highest BCUT2D eigenvalue weighted by molar-refractivity contribution is 7.92. The number of likely N-dealkylation sites (tertiary alicyclic amines) is 1. The van der Waals surface area contributed by atoms with E-state index in [4.69, 9.17) is 0 Å². The molecule has 0 atom stereocenters. The maximum absolute atomic E-state index is 12.5. The second-order valence-corrected chi connectivity index (χ2v) is 8.36. The van der Waals surface area contributed by atoms with Gasteiger partial charge in [-0.15, -0.1) is 0 Å². The van der Waals surface area contributed by atoms with Crippen molar-refractivity contribution in [3.8, 4) is 0 Å². The Bertz CT molecular complexity index is 995. The van der Waals surface area contributed by atoms with E-state index in [2.05, 4.69) is 20.0 Å². The molecule has 2 aromatic rings. The van der Waals surface area contributed by atoms with Gasteiger partial charge in [-0.05, 0) is 38.1 Å². The van der Waals surface area contributed by atoms with Gasteiger partial charge in [-0.25, -0.2) is 18.4 Å². The Balaban J connectivity index is 1.64. The second-order valence-electron chi connectivity index (χ2n) is 6.68. The van der Waals surface area contributed by atoms with E-state index in [9.17, 15) is 18.0 Å². The predicted molar refractivity (Wildman–Crippen MR) is 103 cm³/mol. The topological polar surface area (TPSA) is 121 Å². The van der Waals surface area contributed by atoms with Crippen molar-refractivity contribution >= 4 is 33.3 Å². The fraction of sp³-hybridized carbons (Fsp3) is 0.333. The lowest BCUT2D eigenvalue weighted by molar-refractivity contribution is -0.139. The summed E-state index contributed by atoms with van der Waals surface area (Å²) in [5, 5.41) is 2.73. The number of hydrogen-bond acceptors (Lipinski definition) is 6. The number of benzene rings is 1. The maximum Gasteiger partial charge on any atom is 0.263 e. The lowest BCUT2D eigenvalue weighted by Crippen LogP contribution is -2.53. The van der Waals surface area contributed by atoms with Gasteiger partial charge >= 0.3 is 0 Å². The van der Waals surface area contributed by atoms with Crippen molar-refractivity contribution in [1.82, 2.24) is 14.9 Å². The zero-order valence-corrected chi connectivity index (χ0v) is 16.6. The van der Waals surface area contributed by atoms with Crippen molar-refractivity contribution < 1.29 is 18.0 Å². The molecule has 2 heterocycles. The third-order valence-corrected chi connectivity index (χ3v) is 5.71. The Kier molecular flexibility index (Phi) is 5.32. The molecule has 1 aliphatic rings. The SMILES string of the molecule is CC(=O)N1CC(C(=O)Nc2ccc(S(=O)(=O)Nc3cc(C)nc(C)n3)cc2)C1. The van der Waals surface area contributed by atoms with Crippen molar-refractivity contribution in [2.45, 2.75) is 25.7 Å². The van der Waals surface area contributed by atoms with Gasteiger partial charge in [0.05, 0.1) is 10.8 Å². The summed E-state index contributed by atoms with van der Waals surface area (Å²) >= 11 is 0. The molecule has 148 valence electrons. The van der Waals surface area contributed by atoms with Crippen LogP contribution in [0.2, 0.25) is 0 Å².